The zero-order chi connectivity index (χ0) is 13.9. The highest BCUT2D eigenvalue weighted by Gasteiger charge is 2.21. The molecule has 102 valence electrons. The van der Waals surface area contributed by atoms with E-state index < -0.39 is 10.0 Å². The van der Waals surface area contributed by atoms with Crippen LogP contribution in [0.3, 0.4) is 0 Å². The van der Waals surface area contributed by atoms with Gasteiger partial charge in [0, 0.05) is 18.1 Å². The van der Waals surface area contributed by atoms with Gasteiger partial charge in [0.15, 0.2) is 0 Å². The molecule has 1 atom stereocenters. The van der Waals surface area contributed by atoms with Gasteiger partial charge < -0.3 is 10.7 Å². The Labute approximate surface area is 112 Å². The van der Waals surface area contributed by atoms with Crippen molar-refractivity contribution in [2.45, 2.75) is 24.3 Å². The number of hydrogen-bond acceptors (Lipinski definition) is 4. The smallest absolute Gasteiger partial charge is 0.241 e. The SMILES string of the molecule is CCC(NS(=O)(=O)c1cccc(N)c1)c1ncc[nH]1. The molecule has 7 heteroatoms. The molecule has 6 nitrogen and oxygen atoms in total. The first kappa shape index (κ1) is 13.6. The van der Waals surface area contributed by atoms with Crippen LogP contribution < -0.4 is 10.5 Å². The fourth-order valence-corrected chi connectivity index (χ4v) is 3.08. The summed E-state index contributed by atoms with van der Waals surface area (Å²) in [5, 5.41) is 0. The quantitative estimate of drug-likeness (QED) is 0.721. The molecule has 0 spiro atoms. The second-order valence-electron chi connectivity index (χ2n) is 4.13. The van der Waals surface area contributed by atoms with Crippen molar-refractivity contribution < 1.29 is 8.42 Å². The third kappa shape index (κ3) is 3.12. The second kappa shape index (κ2) is 5.41. The normalized spacial score (nSPS) is 13.3. The standard InChI is InChI=1S/C12H16N4O2S/c1-2-11(12-14-6-7-15-12)16-19(17,18)10-5-3-4-9(13)8-10/h3-8,11,16H,2,13H2,1H3,(H,14,15). The van der Waals surface area contributed by atoms with E-state index in [-0.39, 0.29) is 10.9 Å². The summed E-state index contributed by atoms with van der Waals surface area (Å²) >= 11 is 0. The molecule has 1 aromatic heterocycles. The van der Waals surface area contributed by atoms with Crippen LogP contribution >= 0.6 is 0 Å². The summed E-state index contributed by atoms with van der Waals surface area (Å²) in [6, 6.07) is 5.80. The molecule has 4 N–H and O–H groups in total. The van der Waals surface area contributed by atoms with Crippen molar-refractivity contribution in [3.05, 3.63) is 42.5 Å². The molecular weight excluding hydrogens is 264 g/mol. The molecule has 0 aliphatic rings. The minimum absolute atomic E-state index is 0.150. The van der Waals surface area contributed by atoms with Gasteiger partial charge in [-0.2, -0.15) is 0 Å². The van der Waals surface area contributed by atoms with Crippen molar-refractivity contribution in [1.82, 2.24) is 14.7 Å². The summed E-state index contributed by atoms with van der Waals surface area (Å²) in [4.78, 5) is 7.14. The van der Waals surface area contributed by atoms with Gasteiger partial charge in [-0.3, -0.25) is 0 Å². The molecule has 2 aromatic rings. The number of imidazole rings is 1. The molecule has 0 bridgehead atoms. The Hall–Kier alpha value is -1.86. The van der Waals surface area contributed by atoms with Gasteiger partial charge in [0.05, 0.1) is 10.9 Å². The van der Waals surface area contributed by atoms with Gasteiger partial charge in [0.1, 0.15) is 5.82 Å². The maximum Gasteiger partial charge on any atom is 0.241 e. The number of nitrogens with one attached hydrogen (secondary N) is 2. The van der Waals surface area contributed by atoms with Crippen LogP contribution in [0.25, 0.3) is 0 Å². The fourth-order valence-electron chi connectivity index (χ4n) is 1.74. The molecule has 1 aromatic carbocycles. The van der Waals surface area contributed by atoms with E-state index in [0.29, 0.717) is 17.9 Å². The van der Waals surface area contributed by atoms with E-state index in [0.717, 1.165) is 0 Å². The average molecular weight is 280 g/mol. The van der Waals surface area contributed by atoms with Crippen molar-refractivity contribution in [3.63, 3.8) is 0 Å². The number of aromatic nitrogens is 2. The molecule has 2 rings (SSSR count). The van der Waals surface area contributed by atoms with Crippen molar-refractivity contribution in [2.75, 3.05) is 5.73 Å². The third-order valence-electron chi connectivity index (χ3n) is 2.72. The van der Waals surface area contributed by atoms with Gasteiger partial charge in [0.2, 0.25) is 10.0 Å². The van der Waals surface area contributed by atoms with Crippen LogP contribution in [0.4, 0.5) is 5.69 Å². The first-order chi connectivity index (χ1) is 9.03. The van der Waals surface area contributed by atoms with Crippen LogP contribution in [0.15, 0.2) is 41.6 Å². The number of nitrogens with zero attached hydrogens (tertiary/aromatic N) is 1. The first-order valence-corrected chi connectivity index (χ1v) is 7.38. The summed E-state index contributed by atoms with van der Waals surface area (Å²) in [5.41, 5.74) is 6.01. The number of anilines is 1. The molecule has 0 aliphatic carbocycles. The Morgan fingerprint density at radius 2 is 2.26 bits per heavy atom. The van der Waals surface area contributed by atoms with Crippen LogP contribution in [0.5, 0.6) is 0 Å². The van der Waals surface area contributed by atoms with Gasteiger partial charge in [-0.05, 0) is 24.6 Å². The monoisotopic (exact) mass is 280 g/mol. The van der Waals surface area contributed by atoms with Gasteiger partial charge in [-0.15, -0.1) is 0 Å². The largest absolute Gasteiger partial charge is 0.399 e. The van der Waals surface area contributed by atoms with Gasteiger partial charge in [0.25, 0.3) is 0 Å². The molecule has 0 amide bonds. The highest BCUT2D eigenvalue weighted by Crippen LogP contribution is 2.18. The summed E-state index contributed by atoms with van der Waals surface area (Å²) in [6.07, 6.45) is 3.84. The zero-order valence-electron chi connectivity index (χ0n) is 10.5. The summed E-state index contributed by atoms with van der Waals surface area (Å²) in [6.45, 7) is 1.88. The Balaban J connectivity index is 2.26. The zero-order valence-corrected chi connectivity index (χ0v) is 11.3. The van der Waals surface area contributed by atoms with E-state index in [2.05, 4.69) is 14.7 Å². The van der Waals surface area contributed by atoms with E-state index in [1.165, 1.54) is 12.1 Å². The van der Waals surface area contributed by atoms with E-state index in [4.69, 9.17) is 5.73 Å². The molecule has 1 unspecified atom stereocenters. The second-order valence-corrected chi connectivity index (χ2v) is 5.84. The average Bonchev–Trinajstić information content (AvgIpc) is 2.90. The number of benzene rings is 1. The third-order valence-corrected chi connectivity index (χ3v) is 4.19. The van der Waals surface area contributed by atoms with Crippen LogP contribution in [0.1, 0.15) is 25.2 Å². The van der Waals surface area contributed by atoms with E-state index >= 15 is 0 Å². The minimum atomic E-state index is -3.61. The number of H-pyrrole nitrogens is 1. The lowest BCUT2D eigenvalue weighted by atomic mass is 10.2. The van der Waals surface area contributed by atoms with Crippen LogP contribution in [-0.2, 0) is 10.0 Å². The van der Waals surface area contributed by atoms with Crippen molar-refractivity contribution in [3.8, 4) is 0 Å². The lowest BCUT2D eigenvalue weighted by Gasteiger charge is -2.15. The molecule has 0 saturated heterocycles. The molecule has 1 heterocycles. The Morgan fingerprint density at radius 3 is 2.84 bits per heavy atom. The molecule has 19 heavy (non-hydrogen) atoms. The molecular formula is C12H16N4O2S. The van der Waals surface area contributed by atoms with E-state index in [1.807, 2.05) is 6.92 Å². The summed E-state index contributed by atoms with van der Waals surface area (Å²) in [7, 11) is -3.61. The van der Waals surface area contributed by atoms with Gasteiger partial charge in [-0.25, -0.2) is 18.1 Å². The fraction of sp³-hybridized carbons (Fsp3) is 0.250. The molecule has 0 radical (unpaired) electrons. The predicted molar refractivity (Wildman–Crippen MR) is 72.8 cm³/mol. The Kier molecular flexibility index (Phi) is 3.87. The maximum atomic E-state index is 12.2. The van der Waals surface area contributed by atoms with Gasteiger partial charge >= 0.3 is 0 Å². The molecule has 0 aliphatic heterocycles. The van der Waals surface area contributed by atoms with Crippen molar-refractivity contribution in [2.24, 2.45) is 0 Å². The van der Waals surface area contributed by atoms with E-state index in [9.17, 15) is 8.42 Å². The minimum Gasteiger partial charge on any atom is -0.399 e. The Bertz CT molecular complexity index is 638. The molecule has 0 fully saturated rings. The number of sulfonamides is 1. The number of nitrogens with two attached hydrogens (primary N) is 1. The predicted octanol–water partition coefficient (Wildman–Crippen LogP) is 1.42. The van der Waals surface area contributed by atoms with Crippen molar-refractivity contribution >= 4 is 15.7 Å². The number of nitrogen functional groups attached to an aromatic ring is 1. The lowest BCUT2D eigenvalue weighted by Crippen LogP contribution is -2.29. The first-order valence-electron chi connectivity index (χ1n) is 5.90. The maximum absolute atomic E-state index is 12.2. The number of aromatic amines is 1. The van der Waals surface area contributed by atoms with Gasteiger partial charge in [-0.1, -0.05) is 13.0 Å². The molecule has 0 saturated carbocycles. The highest BCUT2D eigenvalue weighted by molar-refractivity contribution is 7.89. The van der Waals surface area contributed by atoms with Crippen LogP contribution in [-0.4, -0.2) is 18.4 Å². The lowest BCUT2D eigenvalue weighted by molar-refractivity contribution is 0.539. The van der Waals surface area contributed by atoms with Crippen LogP contribution in [0.2, 0.25) is 0 Å². The number of hydrogen-bond donors (Lipinski definition) is 3. The van der Waals surface area contributed by atoms with Crippen molar-refractivity contribution in [1.29, 1.82) is 0 Å². The topological polar surface area (TPSA) is 101 Å². The number of rotatable bonds is 5. The van der Waals surface area contributed by atoms with E-state index in [1.54, 1.807) is 24.5 Å². The van der Waals surface area contributed by atoms with Crippen LogP contribution in [0, 0.1) is 0 Å². The summed E-state index contributed by atoms with van der Waals surface area (Å²) < 4.78 is 27.1. The highest BCUT2D eigenvalue weighted by atomic mass is 32.2. The Morgan fingerprint density at radius 1 is 1.47 bits per heavy atom. The summed E-state index contributed by atoms with van der Waals surface area (Å²) in [5.74, 6) is 0.593.